The third kappa shape index (κ3) is 13.5. The van der Waals surface area contributed by atoms with Gasteiger partial charge in [0.05, 0.1) is 13.2 Å². The molecule has 0 aliphatic carbocycles. The van der Waals surface area contributed by atoms with E-state index in [4.69, 9.17) is 20.4 Å². The van der Waals surface area contributed by atoms with Crippen LogP contribution < -0.4 is 0 Å². The number of unbranched alkanes of at least 4 members (excludes halogenated alkanes) is 4. The van der Waals surface area contributed by atoms with Crippen LogP contribution in [-0.4, -0.2) is 46.9 Å². The summed E-state index contributed by atoms with van der Waals surface area (Å²) in [5.74, 6) is 0.448. The van der Waals surface area contributed by atoms with Crippen molar-refractivity contribution in [1.29, 1.82) is 0 Å². The third-order valence-corrected chi connectivity index (χ3v) is 4.40. The Morgan fingerprint density at radius 1 is 0.818 bits per heavy atom. The maximum absolute atomic E-state index is 9.04. The first kappa shape index (κ1) is 24.1. The molecule has 4 heteroatoms. The van der Waals surface area contributed by atoms with Crippen LogP contribution in [-0.2, 0) is 0 Å². The molecule has 0 bridgehead atoms. The maximum Gasteiger partial charge on any atom is 0.0509 e. The molecular weight excluding hydrogens is 280 g/mol. The molecule has 0 heterocycles. The Labute approximate surface area is 137 Å². The second-order valence-corrected chi connectivity index (χ2v) is 6.49. The molecule has 4 nitrogen and oxygen atoms in total. The van der Waals surface area contributed by atoms with E-state index in [1.165, 1.54) is 12.8 Å². The summed E-state index contributed by atoms with van der Waals surface area (Å²) in [4.78, 5) is 0. The molecule has 0 aliphatic heterocycles. The molecule has 1 atom stereocenters. The quantitative estimate of drug-likeness (QED) is 0.393. The number of aliphatic hydroxyl groups is 4. The van der Waals surface area contributed by atoms with Crippen LogP contribution in [0.3, 0.4) is 0 Å². The molecule has 4 N–H and O–H groups in total. The predicted molar refractivity (Wildman–Crippen MR) is 92.8 cm³/mol. The highest BCUT2D eigenvalue weighted by Crippen LogP contribution is 2.27. The Balaban J connectivity index is 0. The van der Waals surface area contributed by atoms with E-state index >= 15 is 0 Å². The number of aliphatic hydroxyl groups excluding tert-OH is 4. The Bertz CT molecular complexity index is 197. The summed E-state index contributed by atoms with van der Waals surface area (Å²) in [6.07, 6.45) is 9.54. The summed E-state index contributed by atoms with van der Waals surface area (Å²) < 4.78 is 0. The summed E-state index contributed by atoms with van der Waals surface area (Å²) >= 11 is 0. The van der Waals surface area contributed by atoms with E-state index < -0.39 is 0 Å². The molecule has 0 saturated heterocycles. The minimum atomic E-state index is -0.212. The van der Waals surface area contributed by atoms with Crippen LogP contribution in [0.15, 0.2) is 0 Å². The molecule has 0 fully saturated rings. The van der Waals surface area contributed by atoms with Gasteiger partial charge in [-0.15, -0.1) is 0 Å². The lowest BCUT2D eigenvalue weighted by molar-refractivity contribution is 0.0420. The predicted octanol–water partition coefficient (Wildman–Crippen LogP) is 3.12. The second kappa shape index (κ2) is 17.2. The molecule has 136 valence electrons. The van der Waals surface area contributed by atoms with E-state index in [0.717, 1.165) is 44.9 Å². The Hall–Kier alpha value is -0.160. The van der Waals surface area contributed by atoms with E-state index in [1.54, 1.807) is 0 Å². The van der Waals surface area contributed by atoms with Crippen LogP contribution >= 0.6 is 0 Å². The van der Waals surface area contributed by atoms with Crippen molar-refractivity contribution >= 4 is 0 Å². The summed E-state index contributed by atoms with van der Waals surface area (Å²) in [5, 5.41) is 35.3. The highest BCUT2D eigenvalue weighted by Gasteiger charge is 2.25. The maximum atomic E-state index is 9.04. The van der Waals surface area contributed by atoms with Gasteiger partial charge in [0.25, 0.3) is 0 Å². The van der Waals surface area contributed by atoms with Crippen molar-refractivity contribution in [3.63, 3.8) is 0 Å². The normalized spacial score (nSPS) is 12.7. The van der Waals surface area contributed by atoms with Crippen molar-refractivity contribution in [2.75, 3.05) is 26.4 Å². The van der Waals surface area contributed by atoms with Gasteiger partial charge in [-0.1, -0.05) is 52.9 Å². The molecule has 0 rings (SSSR count). The molecule has 0 aromatic rings. The first-order chi connectivity index (χ1) is 10.6. The average molecular weight is 321 g/mol. The number of hydrogen-bond donors (Lipinski definition) is 4. The smallest absolute Gasteiger partial charge is 0.0509 e. The first-order valence-corrected chi connectivity index (χ1v) is 8.99. The topological polar surface area (TPSA) is 80.9 Å². The standard InChI is InChI=1S/2C9H20O2/c1-9(8-11)6-4-2-3-5-7-10;1-3-5-6-9(4-2,7-10)8-11/h9-11H,2-8H2,1H3;10-11H,3-8H2,1-2H3. The Morgan fingerprint density at radius 3 is 1.82 bits per heavy atom. The van der Waals surface area contributed by atoms with E-state index in [2.05, 4.69) is 13.8 Å². The fraction of sp³-hybridized carbons (Fsp3) is 1.00. The van der Waals surface area contributed by atoms with Crippen molar-refractivity contribution in [2.24, 2.45) is 11.3 Å². The van der Waals surface area contributed by atoms with Crippen LogP contribution in [0, 0.1) is 11.3 Å². The van der Waals surface area contributed by atoms with E-state index in [1.807, 2.05) is 6.92 Å². The molecular formula is C18H40O4. The minimum Gasteiger partial charge on any atom is -0.396 e. The fourth-order valence-corrected chi connectivity index (χ4v) is 2.21. The highest BCUT2D eigenvalue weighted by molar-refractivity contribution is 4.75. The van der Waals surface area contributed by atoms with Crippen molar-refractivity contribution in [1.82, 2.24) is 0 Å². The van der Waals surface area contributed by atoms with E-state index in [-0.39, 0.29) is 18.6 Å². The summed E-state index contributed by atoms with van der Waals surface area (Å²) in [6, 6.07) is 0. The van der Waals surface area contributed by atoms with Crippen LogP contribution in [0.25, 0.3) is 0 Å². The van der Waals surface area contributed by atoms with Gasteiger partial charge >= 0.3 is 0 Å². The molecule has 22 heavy (non-hydrogen) atoms. The largest absolute Gasteiger partial charge is 0.396 e. The monoisotopic (exact) mass is 320 g/mol. The number of hydrogen-bond acceptors (Lipinski definition) is 4. The van der Waals surface area contributed by atoms with Crippen LogP contribution in [0.2, 0.25) is 0 Å². The van der Waals surface area contributed by atoms with E-state index in [9.17, 15) is 0 Å². The van der Waals surface area contributed by atoms with Gasteiger partial charge in [-0.05, 0) is 31.6 Å². The van der Waals surface area contributed by atoms with Gasteiger partial charge in [-0.25, -0.2) is 0 Å². The van der Waals surface area contributed by atoms with Crippen molar-refractivity contribution in [2.45, 2.75) is 78.6 Å². The third-order valence-electron chi connectivity index (χ3n) is 4.40. The molecule has 0 spiro atoms. The molecule has 0 aromatic heterocycles. The van der Waals surface area contributed by atoms with Gasteiger partial charge in [0.1, 0.15) is 0 Å². The highest BCUT2D eigenvalue weighted by atomic mass is 16.3. The summed E-state index contributed by atoms with van der Waals surface area (Å²) in [7, 11) is 0. The van der Waals surface area contributed by atoms with Gasteiger partial charge in [-0.3, -0.25) is 0 Å². The lowest BCUT2D eigenvalue weighted by Crippen LogP contribution is -2.28. The van der Waals surface area contributed by atoms with Gasteiger partial charge in [0.15, 0.2) is 0 Å². The van der Waals surface area contributed by atoms with E-state index in [0.29, 0.717) is 19.1 Å². The summed E-state index contributed by atoms with van der Waals surface area (Å²) in [5.41, 5.74) is -0.212. The summed E-state index contributed by atoms with van der Waals surface area (Å²) in [6.45, 7) is 7.04. The average Bonchev–Trinajstić information content (AvgIpc) is 2.57. The first-order valence-electron chi connectivity index (χ1n) is 8.99. The second-order valence-electron chi connectivity index (χ2n) is 6.49. The fourth-order valence-electron chi connectivity index (χ4n) is 2.21. The molecule has 1 unspecified atom stereocenters. The molecule has 0 radical (unpaired) electrons. The van der Waals surface area contributed by atoms with Crippen LogP contribution in [0.4, 0.5) is 0 Å². The van der Waals surface area contributed by atoms with Crippen molar-refractivity contribution in [3.05, 3.63) is 0 Å². The molecule has 0 aliphatic rings. The molecule has 0 amide bonds. The van der Waals surface area contributed by atoms with Crippen molar-refractivity contribution in [3.8, 4) is 0 Å². The molecule has 0 aromatic carbocycles. The SMILES string of the molecule is CC(CO)CCCCCCO.CCCCC(CC)(CO)CO. The zero-order chi connectivity index (χ0) is 17.3. The van der Waals surface area contributed by atoms with Gasteiger partial charge in [0.2, 0.25) is 0 Å². The van der Waals surface area contributed by atoms with Crippen LogP contribution in [0.5, 0.6) is 0 Å². The lowest BCUT2D eigenvalue weighted by atomic mass is 9.82. The van der Waals surface area contributed by atoms with Crippen molar-refractivity contribution < 1.29 is 20.4 Å². The Kier molecular flexibility index (Phi) is 18.8. The Morgan fingerprint density at radius 2 is 1.41 bits per heavy atom. The number of rotatable bonds is 13. The van der Waals surface area contributed by atoms with Gasteiger partial charge in [0, 0.05) is 18.6 Å². The van der Waals surface area contributed by atoms with Gasteiger partial charge in [-0.2, -0.15) is 0 Å². The molecule has 0 saturated carbocycles. The zero-order valence-electron chi connectivity index (χ0n) is 15.1. The van der Waals surface area contributed by atoms with Gasteiger partial charge < -0.3 is 20.4 Å². The van der Waals surface area contributed by atoms with Crippen LogP contribution in [0.1, 0.15) is 78.6 Å². The zero-order valence-corrected chi connectivity index (χ0v) is 15.1. The lowest BCUT2D eigenvalue weighted by Gasteiger charge is -2.27. The minimum absolute atomic E-state index is 0.111.